The molecule has 0 saturated carbocycles. The Morgan fingerprint density at radius 3 is 2.64 bits per heavy atom. The molecule has 2 aliphatic heterocycles. The van der Waals surface area contributed by atoms with Gasteiger partial charge in [-0.05, 0) is 12.1 Å². The molecule has 8 nitrogen and oxygen atoms in total. The fourth-order valence-electron chi connectivity index (χ4n) is 2.81. The highest BCUT2D eigenvalue weighted by molar-refractivity contribution is 6.06. The average Bonchev–Trinajstić information content (AvgIpc) is 2.66. The van der Waals surface area contributed by atoms with Crippen LogP contribution >= 0.6 is 0 Å². The van der Waals surface area contributed by atoms with Crippen LogP contribution in [0.15, 0.2) is 12.1 Å². The lowest BCUT2D eigenvalue weighted by Gasteiger charge is -2.38. The molecule has 1 aromatic rings. The summed E-state index contributed by atoms with van der Waals surface area (Å²) in [7, 11) is 0. The molecule has 2 heterocycles. The molecular formula is C13H12FN3O5. The highest BCUT2D eigenvalue weighted by Gasteiger charge is 2.52. The Morgan fingerprint density at radius 1 is 1.32 bits per heavy atom. The second-order valence-electron chi connectivity index (χ2n) is 5.32. The molecule has 9 heteroatoms. The van der Waals surface area contributed by atoms with Crippen molar-refractivity contribution in [1.82, 2.24) is 10.2 Å². The van der Waals surface area contributed by atoms with E-state index in [1.54, 1.807) is 0 Å². The molecular weight excluding hydrogens is 297 g/mol. The summed E-state index contributed by atoms with van der Waals surface area (Å²) >= 11 is 0. The lowest BCUT2D eigenvalue weighted by molar-refractivity contribution is -0.213. The maximum Gasteiger partial charge on any atom is 0.255 e. The van der Waals surface area contributed by atoms with Crippen LogP contribution < -0.4 is 11.1 Å². The fourth-order valence-corrected chi connectivity index (χ4v) is 2.81. The zero-order chi connectivity index (χ0) is 16.2. The molecule has 3 amide bonds. The van der Waals surface area contributed by atoms with Crippen LogP contribution in [0.2, 0.25) is 0 Å². The molecule has 22 heavy (non-hydrogen) atoms. The number of carbonyl (C=O) groups is 3. The van der Waals surface area contributed by atoms with Crippen molar-refractivity contribution in [1.29, 1.82) is 0 Å². The van der Waals surface area contributed by atoms with Gasteiger partial charge in [-0.2, -0.15) is 0 Å². The monoisotopic (exact) mass is 309 g/mol. The Hall–Kier alpha value is -2.52. The molecule has 2 aliphatic rings. The van der Waals surface area contributed by atoms with E-state index in [0.29, 0.717) is 5.56 Å². The van der Waals surface area contributed by atoms with Crippen molar-refractivity contribution in [3.05, 3.63) is 29.1 Å². The summed E-state index contributed by atoms with van der Waals surface area (Å²) in [6, 6.07) is 0.314. The second kappa shape index (κ2) is 4.49. The van der Waals surface area contributed by atoms with Gasteiger partial charge >= 0.3 is 0 Å². The number of piperidine rings is 1. The molecule has 1 unspecified atom stereocenters. The summed E-state index contributed by atoms with van der Waals surface area (Å²) in [4.78, 5) is 36.3. The van der Waals surface area contributed by atoms with Gasteiger partial charge in [0.25, 0.3) is 11.8 Å². The van der Waals surface area contributed by atoms with Crippen molar-refractivity contribution in [2.45, 2.75) is 24.8 Å². The third kappa shape index (κ3) is 2.02. The largest absolute Gasteiger partial charge is 0.398 e. The first-order valence-corrected chi connectivity index (χ1v) is 6.38. The van der Waals surface area contributed by atoms with Gasteiger partial charge in [0.05, 0.1) is 6.42 Å². The Bertz CT molecular complexity index is 718. The van der Waals surface area contributed by atoms with Gasteiger partial charge in [0, 0.05) is 23.4 Å². The minimum atomic E-state index is -2.70. The molecule has 0 aromatic heterocycles. The molecule has 0 aliphatic carbocycles. The van der Waals surface area contributed by atoms with E-state index in [1.807, 2.05) is 5.32 Å². The summed E-state index contributed by atoms with van der Waals surface area (Å²) in [6.07, 6.45) is -0.757. The minimum absolute atomic E-state index is 0.0274. The van der Waals surface area contributed by atoms with E-state index in [9.17, 15) is 29.0 Å². The summed E-state index contributed by atoms with van der Waals surface area (Å²) in [5.74, 6) is -6.05. The molecule has 1 saturated heterocycles. The minimum Gasteiger partial charge on any atom is -0.398 e. The van der Waals surface area contributed by atoms with Crippen molar-refractivity contribution in [2.75, 3.05) is 5.73 Å². The predicted octanol–water partition coefficient (Wildman–Crippen LogP) is -1.54. The number of halogens is 1. The lowest BCUT2D eigenvalue weighted by atomic mass is 9.96. The number of imide groups is 1. The fraction of sp³-hybridized carbons (Fsp3) is 0.308. The molecule has 1 fully saturated rings. The number of rotatable bonds is 1. The van der Waals surface area contributed by atoms with Gasteiger partial charge in [-0.3, -0.25) is 19.7 Å². The molecule has 0 spiro atoms. The average molecular weight is 309 g/mol. The van der Waals surface area contributed by atoms with E-state index in [-0.39, 0.29) is 17.8 Å². The first-order valence-electron chi connectivity index (χ1n) is 6.38. The summed E-state index contributed by atoms with van der Waals surface area (Å²) in [5, 5.41) is 21.8. The topological polar surface area (TPSA) is 133 Å². The van der Waals surface area contributed by atoms with Crippen LogP contribution in [0.1, 0.15) is 22.3 Å². The van der Waals surface area contributed by atoms with Gasteiger partial charge in [-0.15, -0.1) is 0 Å². The van der Waals surface area contributed by atoms with Crippen LogP contribution in [0.25, 0.3) is 0 Å². The number of hydrogen-bond acceptors (Lipinski definition) is 6. The smallest absolute Gasteiger partial charge is 0.255 e. The summed E-state index contributed by atoms with van der Waals surface area (Å²) in [5.41, 5.74) is 5.93. The van der Waals surface area contributed by atoms with Gasteiger partial charge in [0.1, 0.15) is 5.82 Å². The van der Waals surface area contributed by atoms with E-state index in [4.69, 9.17) is 5.73 Å². The molecule has 1 aromatic carbocycles. The van der Waals surface area contributed by atoms with Crippen molar-refractivity contribution in [2.24, 2.45) is 0 Å². The number of carbonyl (C=O) groups excluding carboxylic acids is 3. The molecule has 1 atom stereocenters. The maximum atomic E-state index is 13.4. The number of aliphatic hydroxyl groups is 2. The first kappa shape index (κ1) is 14.4. The van der Waals surface area contributed by atoms with Crippen molar-refractivity contribution in [3.63, 3.8) is 0 Å². The van der Waals surface area contributed by atoms with Crippen LogP contribution in [0, 0.1) is 5.82 Å². The van der Waals surface area contributed by atoms with E-state index in [0.717, 1.165) is 17.0 Å². The third-order valence-corrected chi connectivity index (χ3v) is 3.75. The number of benzene rings is 1. The lowest BCUT2D eigenvalue weighted by Crippen LogP contribution is -2.66. The number of nitrogens with zero attached hydrogens (tertiary/aromatic N) is 1. The molecule has 3 rings (SSSR count). The van der Waals surface area contributed by atoms with Gasteiger partial charge in [0.2, 0.25) is 11.7 Å². The predicted molar refractivity (Wildman–Crippen MR) is 69.4 cm³/mol. The number of fused-ring (bicyclic) bond motifs is 1. The molecule has 0 radical (unpaired) electrons. The SMILES string of the molecule is Nc1cc(F)cc2c1CN(C1C(=O)NC(=O)CC1(O)O)C2=O. The quantitative estimate of drug-likeness (QED) is 0.282. The standard InChI is InChI=1S/C13H12FN3O5/c14-5-1-6-7(8(15)2-5)4-17(12(6)20)10-11(19)16-9(18)3-13(10,21)22/h1-2,10,21-22H,3-4,15H2,(H,16,18,19). The first-order chi connectivity index (χ1) is 10.2. The van der Waals surface area contributed by atoms with E-state index in [2.05, 4.69) is 0 Å². The van der Waals surface area contributed by atoms with Crippen LogP contribution in [0.4, 0.5) is 10.1 Å². The third-order valence-electron chi connectivity index (χ3n) is 3.75. The number of anilines is 1. The van der Waals surface area contributed by atoms with Crippen molar-refractivity contribution >= 4 is 23.4 Å². The van der Waals surface area contributed by atoms with Crippen LogP contribution in [0.3, 0.4) is 0 Å². The van der Waals surface area contributed by atoms with Crippen LogP contribution in [-0.4, -0.2) is 44.7 Å². The summed E-state index contributed by atoms with van der Waals surface area (Å²) in [6.45, 7) is -0.185. The number of amides is 3. The Morgan fingerprint density at radius 2 is 2.00 bits per heavy atom. The van der Waals surface area contributed by atoms with Crippen molar-refractivity contribution < 1.29 is 29.0 Å². The molecule has 0 bridgehead atoms. The van der Waals surface area contributed by atoms with Crippen molar-refractivity contribution in [3.8, 4) is 0 Å². The number of nitrogens with one attached hydrogen (secondary N) is 1. The summed E-state index contributed by atoms with van der Waals surface area (Å²) < 4.78 is 13.4. The number of nitrogen functional groups attached to an aromatic ring is 1. The Kier molecular flexibility index (Phi) is 2.94. The number of hydrogen-bond donors (Lipinski definition) is 4. The highest BCUT2D eigenvalue weighted by Crippen LogP contribution is 2.33. The molecule has 5 N–H and O–H groups in total. The second-order valence-corrected chi connectivity index (χ2v) is 5.32. The van der Waals surface area contributed by atoms with E-state index in [1.165, 1.54) is 0 Å². The van der Waals surface area contributed by atoms with Crippen LogP contribution in [0.5, 0.6) is 0 Å². The zero-order valence-electron chi connectivity index (χ0n) is 11.2. The highest BCUT2D eigenvalue weighted by atomic mass is 19.1. The van der Waals surface area contributed by atoms with Gasteiger partial charge in [-0.25, -0.2) is 4.39 Å². The van der Waals surface area contributed by atoms with Gasteiger partial charge < -0.3 is 20.8 Å². The van der Waals surface area contributed by atoms with Crippen LogP contribution in [-0.2, 0) is 16.1 Å². The maximum absolute atomic E-state index is 13.4. The zero-order valence-corrected chi connectivity index (χ0v) is 11.2. The van der Waals surface area contributed by atoms with E-state index < -0.39 is 41.8 Å². The molecule has 116 valence electrons. The normalized spacial score (nSPS) is 23.5. The van der Waals surface area contributed by atoms with Gasteiger partial charge in [0.15, 0.2) is 6.04 Å². The number of nitrogens with two attached hydrogens (primary N) is 1. The Balaban J connectivity index is 2.01. The Labute approximate surface area is 123 Å². The van der Waals surface area contributed by atoms with E-state index >= 15 is 0 Å². The van der Waals surface area contributed by atoms with Gasteiger partial charge in [-0.1, -0.05) is 0 Å².